The van der Waals surface area contributed by atoms with E-state index in [9.17, 15) is 18.0 Å². The normalized spacial score (nSPS) is 17.3. The number of piperidine rings is 1. The first kappa shape index (κ1) is 22.2. The molecule has 1 aliphatic heterocycles. The van der Waals surface area contributed by atoms with Gasteiger partial charge in [-0.1, -0.05) is 11.6 Å². The van der Waals surface area contributed by atoms with Crippen LogP contribution < -0.4 is 5.32 Å². The first-order valence-corrected chi connectivity index (χ1v) is 11.3. The fraction of sp³-hybridized carbons (Fsp3) is 0.350. The number of nitrogens with zero attached hydrogens (tertiary/aromatic N) is 2. The second kappa shape index (κ2) is 9.55. The maximum absolute atomic E-state index is 13.0. The lowest BCUT2D eigenvalue weighted by molar-refractivity contribution is -0.120. The van der Waals surface area contributed by atoms with Crippen molar-refractivity contribution in [2.75, 3.05) is 25.0 Å². The van der Waals surface area contributed by atoms with Crippen LogP contribution in [-0.4, -0.2) is 49.3 Å². The van der Waals surface area contributed by atoms with Gasteiger partial charge in [0, 0.05) is 19.3 Å². The third-order valence-corrected chi connectivity index (χ3v) is 6.84. The fourth-order valence-corrected chi connectivity index (χ4v) is 4.81. The summed E-state index contributed by atoms with van der Waals surface area (Å²) in [6, 6.07) is 8.80. The van der Waals surface area contributed by atoms with Gasteiger partial charge in [-0.15, -0.1) is 0 Å². The van der Waals surface area contributed by atoms with Crippen LogP contribution in [0.4, 0.5) is 5.82 Å². The van der Waals surface area contributed by atoms with E-state index in [2.05, 4.69) is 10.3 Å². The maximum atomic E-state index is 13.0. The Kier molecular flexibility index (Phi) is 7.06. The van der Waals surface area contributed by atoms with Gasteiger partial charge in [-0.3, -0.25) is 4.79 Å². The Morgan fingerprint density at radius 3 is 2.60 bits per heavy atom. The van der Waals surface area contributed by atoms with Crippen LogP contribution in [0.15, 0.2) is 47.5 Å². The standard InChI is InChI=1S/C20H22ClN3O5S/c1-2-29-20(26)14-5-8-17(9-6-14)30(27,28)24-11-3-4-15(13-24)19(25)23-18-10-7-16(21)12-22-18/h5-10,12,15H,2-4,11,13H2,1H3,(H,22,23,25)/t15-/m0/s1. The Morgan fingerprint density at radius 1 is 1.23 bits per heavy atom. The van der Waals surface area contributed by atoms with Crippen molar-refractivity contribution in [2.45, 2.75) is 24.7 Å². The topological polar surface area (TPSA) is 106 Å². The van der Waals surface area contributed by atoms with Crippen molar-refractivity contribution >= 4 is 39.3 Å². The lowest BCUT2D eigenvalue weighted by atomic mass is 9.99. The van der Waals surface area contributed by atoms with Crippen molar-refractivity contribution in [1.29, 1.82) is 0 Å². The second-order valence-corrected chi connectivity index (χ2v) is 9.17. The van der Waals surface area contributed by atoms with Crippen LogP contribution >= 0.6 is 11.6 Å². The Bertz CT molecular complexity index is 1010. The highest BCUT2D eigenvalue weighted by molar-refractivity contribution is 7.89. The van der Waals surface area contributed by atoms with E-state index in [0.717, 1.165) is 0 Å². The number of halogens is 1. The second-order valence-electron chi connectivity index (χ2n) is 6.80. The smallest absolute Gasteiger partial charge is 0.338 e. The molecule has 160 valence electrons. The molecule has 0 aliphatic carbocycles. The number of sulfonamides is 1. The Morgan fingerprint density at radius 2 is 1.97 bits per heavy atom. The molecule has 1 aromatic heterocycles. The molecule has 1 atom stereocenters. The molecule has 0 spiro atoms. The van der Waals surface area contributed by atoms with Crippen LogP contribution in [-0.2, 0) is 19.6 Å². The van der Waals surface area contributed by atoms with Gasteiger partial charge in [0.25, 0.3) is 0 Å². The number of rotatable bonds is 6. The molecule has 3 rings (SSSR count). The summed E-state index contributed by atoms with van der Waals surface area (Å²) in [4.78, 5) is 28.4. The molecule has 2 heterocycles. The highest BCUT2D eigenvalue weighted by atomic mass is 35.5. The maximum Gasteiger partial charge on any atom is 0.338 e. The predicted octanol–water partition coefficient (Wildman–Crippen LogP) is 2.95. The van der Waals surface area contributed by atoms with E-state index in [1.165, 1.54) is 34.8 Å². The van der Waals surface area contributed by atoms with Gasteiger partial charge in [-0.2, -0.15) is 4.31 Å². The van der Waals surface area contributed by atoms with Crippen LogP contribution in [0, 0.1) is 5.92 Å². The molecule has 10 heteroatoms. The predicted molar refractivity (Wildman–Crippen MR) is 112 cm³/mol. The number of nitrogens with one attached hydrogen (secondary N) is 1. The van der Waals surface area contributed by atoms with E-state index in [0.29, 0.717) is 30.2 Å². The van der Waals surface area contributed by atoms with Crippen molar-refractivity contribution in [3.05, 3.63) is 53.2 Å². The third kappa shape index (κ3) is 5.16. The molecule has 0 saturated carbocycles. The van der Waals surface area contributed by atoms with Gasteiger partial charge >= 0.3 is 5.97 Å². The van der Waals surface area contributed by atoms with E-state index >= 15 is 0 Å². The van der Waals surface area contributed by atoms with Crippen LogP contribution in [0.2, 0.25) is 5.02 Å². The number of ether oxygens (including phenoxy) is 1. The minimum Gasteiger partial charge on any atom is -0.462 e. The summed E-state index contributed by atoms with van der Waals surface area (Å²) in [6.07, 6.45) is 2.56. The summed E-state index contributed by atoms with van der Waals surface area (Å²) in [5.74, 6) is -0.932. The summed E-state index contributed by atoms with van der Waals surface area (Å²) in [5, 5.41) is 3.16. The molecular formula is C20H22ClN3O5S. The van der Waals surface area contributed by atoms with E-state index in [4.69, 9.17) is 16.3 Å². The zero-order valence-electron chi connectivity index (χ0n) is 16.4. The molecule has 0 unspecified atom stereocenters. The number of amides is 1. The summed E-state index contributed by atoms with van der Waals surface area (Å²) in [7, 11) is -3.79. The molecule has 0 bridgehead atoms. The molecular weight excluding hydrogens is 430 g/mol. The van der Waals surface area contributed by atoms with E-state index in [1.807, 2.05) is 0 Å². The molecule has 2 aromatic rings. The molecule has 8 nitrogen and oxygen atoms in total. The Balaban J connectivity index is 1.69. The largest absolute Gasteiger partial charge is 0.462 e. The number of hydrogen-bond acceptors (Lipinski definition) is 6. The average Bonchev–Trinajstić information content (AvgIpc) is 2.75. The van der Waals surface area contributed by atoms with Gasteiger partial charge in [-0.05, 0) is 56.2 Å². The monoisotopic (exact) mass is 451 g/mol. The molecule has 1 N–H and O–H groups in total. The van der Waals surface area contributed by atoms with Crippen LogP contribution in [0.5, 0.6) is 0 Å². The van der Waals surface area contributed by atoms with Gasteiger partial charge in [0.05, 0.1) is 28.0 Å². The molecule has 1 aliphatic rings. The molecule has 1 saturated heterocycles. The van der Waals surface area contributed by atoms with Crippen LogP contribution in [0.25, 0.3) is 0 Å². The summed E-state index contributed by atoms with van der Waals surface area (Å²) < 4.78 is 32.2. The molecule has 30 heavy (non-hydrogen) atoms. The number of anilines is 1. The third-order valence-electron chi connectivity index (χ3n) is 4.74. The number of carbonyl (C=O) groups is 2. The number of esters is 1. The quantitative estimate of drug-likeness (QED) is 0.677. The van der Waals surface area contributed by atoms with Crippen LogP contribution in [0.3, 0.4) is 0 Å². The van der Waals surface area contributed by atoms with E-state index in [-0.39, 0.29) is 29.5 Å². The number of pyridine rings is 1. The number of benzene rings is 1. The lowest BCUT2D eigenvalue weighted by Crippen LogP contribution is -2.43. The Hall–Kier alpha value is -2.49. The van der Waals surface area contributed by atoms with Crippen molar-refractivity contribution in [3.63, 3.8) is 0 Å². The summed E-state index contributed by atoms with van der Waals surface area (Å²) in [6.45, 7) is 2.33. The minimum absolute atomic E-state index is 0.0657. The van der Waals surface area contributed by atoms with Gasteiger partial charge in [0.1, 0.15) is 5.82 Å². The van der Waals surface area contributed by atoms with Crippen molar-refractivity contribution < 1.29 is 22.7 Å². The van der Waals surface area contributed by atoms with E-state index < -0.39 is 21.9 Å². The zero-order valence-corrected chi connectivity index (χ0v) is 17.9. The van der Waals surface area contributed by atoms with Crippen molar-refractivity contribution in [3.8, 4) is 0 Å². The number of aromatic nitrogens is 1. The van der Waals surface area contributed by atoms with Gasteiger partial charge in [-0.25, -0.2) is 18.2 Å². The van der Waals surface area contributed by atoms with E-state index in [1.54, 1.807) is 19.1 Å². The first-order valence-electron chi connectivity index (χ1n) is 9.51. The van der Waals surface area contributed by atoms with Gasteiger partial charge in [0.15, 0.2) is 0 Å². The SMILES string of the molecule is CCOC(=O)c1ccc(S(=O)(=O)N2CCC[C@H](C(=O)Nc3ccc(Cl)cn3)C2)cc1. The molecule has 1 amide bonds. The average molecular weight is 452 g/mol. The Labute approximate surface area is 180 Å². The van der Waals surface area contributed by atoms with Crippen LogP contribution in [0.1, 0.15) is 30.1 Å². The summed E-state index contributed by atoms with van der Waals surface area (Å²) >= 11 is 5.79. The van der Waals surface area contributed by atoms with Gasteiger partial charge < -0.3 is 10.1 Å². The highest BCUT2D eigenvalue weighted by Gasteiger charge is 2.33. The molecule has 1 aromatic carbocycles. The lowest BCUT2D eigenvalue weighted by Gasteiger charge is -2.31. The number of carbonyl (C=O) groups excluding carboxylic acids is 2. The minimum atomic E-state index is -3.79. The highest BCUT2D eigenvalue weighted by Crippen LogP contribution is 2.25. The fourth-order valence-electron chi connectivity index (χ4n) is 3.18. The molecule has 1 fully saturated rings. The van der Waals surface area contributed by atoms with Gasteiger partial charge in [0.2, 0.25) is 15.9 Å². The van der Waals surface area contributed by atoms with Crippen molar-refractivity contribution in [1.82, 2.24) is 9.29 Å². The molecule has 0 radical (unpaired) electrons. The number of hydrogen-bond donors (Lipinski definition) is 1. The summed E-state index contributed by atoms with van der Waals surface area (Å²) in [5.41, 5.74) is 0.280. The first-order chi connectivity index (χ1) is 14.3. The zero-order chi connectivity index (χ0) is 21.7. The van der Waals surface area contributed by atoms with Crippen molar-refractivity contribution in [2.24, 2.45) is 5.92 Å².